The van der Waals surface area contributed by atoms with Crippen LogP contribution in [-0.4, -0.2) is 0 Å². The van der Waals surface area contributed by atoms with Gasteiger partial charge in [-0.25, -0.2) is 0 Å². The topological polar surface area (TPSA) is 23.8 Å². The molecule has 0 fully saturated rings. The van der Waals surface area contributed by atoms with E-state index in [1.165, 1.54) is 56.9 Å². The first-order chi connectivity index (χ1) is 8.86. The van der Waals surface area contributed by atoms with Gasteiger partial charge in [-0.2, -0.15) is 5.26 Å². The van der Waals surface area contributed by atoms with Gasteiger partial charge in [0.25, 0.3) is 0 Å². The first-order valence-electron chi connectivity index (χ1n) is 7.36. The lowest BCUT2D eigenvalue weighted by molar-refractivity contribution is 0.575. The van der Waals surface area contributed by atoms with Crippen molar-refractivity contribution >= 4 is 0 Å². The molecular weight excluding hydrogens is 218 g/mol. The Bertz CT molecular complexity index is 345. The summed E-state index contributed by atoms with van der Waals surface area (Å²) in [4.78, 5) is 0. The number of aryl methyl sites for hydroxylation is 1. The van der Waals surface area contributed by atoms with Gasteiger partial charge in [-0.15, -0.1) is 0 Å². The molecule has 0 N–H and O–H groups in total. The van der Waals surface area contributed by atoms with E-state index in [9.17, 15) is 0 Å². The maximum Gasteiger partial charge on any atom is 0.0991 e. The smallest absolute Gasteiger partial charge is 0.0991 e. The van der Waals surface area contributed by atoms with Crippen LogP contribution in [0.25, 0.3) is 0 Å². The van der Waals surface area contributed by atoms with E-state index < -0.39 is 0 Å². The van der Waals surface area contributed by atoms with Crippen molar-refractivity contribution in [3.05, 3.63) is 35.4 Å². The van der Waals surface area contributed by atoms with Gasteiger partial charge in [0.05, 0.1) is 11.6 Å². The lowest BCUT2D eigenvalue weighted by atomic mass is 10.0. The minimum atomic E-state index is 0.759. The number of rotatable bonds is 9. The van der Waals surface area contributed by atoms with Gasteiger partial charge >= 0.3 is 0 Å². The number of hydrogen-bond acceptors (Lipinski definition) is 1. The normalized spacial score (nSPS) is 10.2. The second kappa shape index (κ2) is 9.71. The Morgan fingerprint density at radius 3 is 1.94 bits per heavy atom. The summed E-state index contributed by atoms with van der Waals surface area (Å²) in [7, 11) is 0. The molecule has 0 saturated heterocycles. The van der Waals surface area contributed by atoms with Gasteiger partial charge < -0.3 is 0 Å². The van der Waals surface area contributed by atoms with E-state index in [0.717, 1.165) is 12.0 Å². The monoisotopic (exact) mass is 243 g/mol. The van der Waals surface area contributed by atoms with Crippen LogP contribution in [0.3, 0.4) is 0 Å². The molecule has 0 aliphatic carbocycles. The molecule has 0 aliphatic heterocycles. The third kappa shape index (κ3) is 6.45. The standard InChI is InChI=1S/C17H25N/c1-2-3-4-5-6-7-8-9-10-16-11-13-17(15-18)14-12-16/h11-14H,2-10H2,1H3. The fourth-order valence-electron chi connectivity index (χ4n) is 2.21. The van der Waals surface area contributed by atoms with Gasteiger partial charge in [0.2, 0.25) is 0 Å². The van der Waals surface area contributed by atoms with Crippen molar-refractivity contribution in [2.24, 2.45) is 0 Å². The lowest BCUT2D eigenvalue weighted by Crippen LogP contribution is -1.87. The molecule has 1 nitrogen and oxygen atoms in total. The highest BCUT2D eigenvalue weighted by molar-refractivity contribution is 5.31. The van der Waals surface area contributed by atoms with E-state index in [1.54, 1.807) is 0 Å². The van der Waals surface area contributed by atoms with Gasteiger partial charge in [-0.3, -0.25) is 0 Å². The van der Waals surface area contributed by atoms with Crippen LogP contribution >= 0.6 is 0 Å². The van der Waals surface area contributed by atoms with Crippen molar-refractivity contribution < 1.29 is 0 Å². The molecule has 98 valence electrons. The fourth-order valence-corrected chi connectivity index (χ4v) is 2.21. The summed E-state index contributed by atoms with van der Waals surface area (Å²) in [5.74, 6) is 0. The molecule has 0 bridgehead atoms. The van der Waals surface area contributed by atoms with Gasteiger partial charge in [0.1, 0.15) is 0 Å². The predicted octanol–water partition coefficient (Wildman–Crippen LogP) is 5.24. The van der Waals surface area contributed by atoms with Crippen molar-refractivity contribution in [3.8, 4) is 6.07 Å². The third-order valence-electron chi connectivity index (χ3n) is 3.40. The first kappa shape index (κ1) is 14.8. The molecule has 1 heteroatoms. The minimum Gasteiger partial charge on any atom is -0.192 e. The zero-order chi connectivity index (χ0) is 13.1. The molecule has 1 rings (SSSR count). The Morgan fingerprint density at radius 2 is 1.39 bits per heavy atom. The Kier molecular flexibility index (Phi) is 7.97. The number of unbranched alkanes of at least 4 members (excludes halogenated alkanes) is 7. The van der Waals surface area contributed by atoms with E-state index >= 15 is 0 Å². The molecule has 0 aromatic heterocycles. The quantitative estimate of drug-likeness (QED) is 0.544. The van der Waals surface area contributed by atoms with E-state index in [2.05, 4.69) is 25.1 Å². The predicted molar refractivity (Wildman–Crippen MR) is 77.5 cm³/mol. The Balaban J connectivity index is 2.02. The second-order valence-electron chi connectivity index (χ2n) is 5.03. The van der Waals surface area contributed by atoms with Crippen molar-refractivity contribution in [1.82, 2.24) is 0 Å². The first-order valence-corrected chi connectivity index (χ1v) is 7.36. The summed E-state index contributed by atoms with van der Waals surface area (Å²) in [6.07, 6.45) is 12.1. The Labute approximate surface area is 112 Å². The summed E-state index contributed by atoms with van der Waals surface area (Å²) < 4.78 is 0. The molecular formula is C17H25N. The Hall–Kier alpha value is -1.29. The van der Waals surface area contributed by atoms with E-state index in [-0.39, 0.29) is 0 Å². The highest BCUT2D eigenvalue weighted by Gasteiger charge is 1.95. The van der Waals surface area contributed by atoms with Crippen LogP contribution in [0, 0.1) is 11.3 Å². The largest absolute Gasteiger partial charge is 0.192 e. The van der Waals surface area contributed by atoms with E-state index in [4.69, 9.17) is 5.26 Å². The van der Waals surface area contributed by atoms with Crippen molar-refractivity contribution in [1.29, 1.82) is 5.26 Å². The van der Waals surface area contributed by atoms with Gasteiger partial charge in [0.15, 0.2) is 0 Å². The van der Waals surface area contributed by atoms with Crippen LogP contribution in [0.5, 0.6) is 0 Å². The van der Waals surface area contributed by atoms with Gasteiger partial charge in [-0.1, -0.05) is 64.0 Å². The zero-order valence-electron chi connectivity index (χ0n) is 11.6. The van der Waals surface area contributed by atoms with E-state index in [0.29, 0.717) is 0 Å². The molecule has 0 saturated carbocycles. The average molecular weight is 243 g/mol. The molecule has 1 aromatic rings. The van der Waals surface area contributed by atoms with Crippen LogP contribution in [-0.2, 0) is 6.42 Å². The second-order valence-corrected chi connectivity index (χ2v) is 5.03. The van der Waals surface area contributed by atoms with Gasteiger partial charge in [0, 0.05) is 0 Å². The fraction of sp³-hybridized carbons (Fsp3) is 0.588. The van der Waals surface area contributed by atoms with Crippen LogP contribution < -0.4 is 0 Å². The van der Waals surface area contributed by atoms with Crippen LogP contribution in [0.15, 0.2) is 24.3 Å². The lowest BCUT2D eigenvalue weighted by Gasteiger charge is -2.02. The Morgan fingerprint density at radius 1 is 0.833 bits per heavy atom. The summed E-state index contributed by atoms with van der Waals surface area (Å²) >= 11 is 0. The van der Waals surface area contributed by atoms with Crippen LogP contribution in [0.2, 0.25) is 0 Å². The number of nitrogens with zero attached hydrogens (tertiary/aromatic N) is 1. The molecule has 0 heterocycles. The SMILES string of the molecule is CCCCCCCCCCc1ccc(C#N)cc1. The summed E-state index contributed by atoms with van der Waals surface area (Å²) in [6, 6.07) is 10.2. The average Bonchev–Trinajstić information content (AvgIpc) is 2.42. The van der Waals surface area contributed by atoms with E-state index in [1.807, 2.05) is 12.1 Å². The molecule has 0 atom stereocenters. The van der Waals surface area contributed by atoms with Gasteiger partial charge in [-0.05, 0) is 30.5 Å². The van der Waals surface area contributed by atoms with Crippen molar-refractivity contribution in [2.45, 2.75) is 64.7 Å². The van der Waals surface area contributed by atoms with Crippen molar-refractivity contribution in [2.75, 3.05) is 0 Å². The number of nitriles is 1. The highest BCUT2D eigenvalue weighted by atomic mass is 14.2. The molecule has 0 spiro atoms. The summed E-state index contributed by atoms with van der Waals surface area (Å²) in [5, 5.41) is 8.71. The maximum absolute atomic E-state index is 8.71. The molecule has 0 aliphatic rings. The van der Waals surface area contributed by atoms with Crippen LogP contribution in [0.1, 0.15) is 69.4 Å². The molecule has 1 aromatic carbocycles. The minimum absolute atomic E-state index is 0.759. The highest BCUT2D eigenvalue weighted by Crippen LogP contribution is 2.11. The number of hydrogen-bond donors (Lipinski definition) is 0. The van der Waals surface area contributed by atoms with Crippen molar-refractivity contribution in [3.63, 3.8) is 0 Å². The number of benzene rings is 1. The van der Waals surface area contributed by atoms with Crippen LogP contribution in [0.4, 0.5) is 0 Å². The third-order valence-corrected chi connectivity index (χ3v) is 3.40. The summed E-state index contributed by atoms with van der Waals surface area (Å²) in [6.45, 7) is 2.26. The maximum atomic E-state index is 8.71. The summed E-state index contributed by atoms with van der Waals surface area (Å²) in [5.41, 5.74) is 2.12. The molecule has 18 heavy (non-hydrogen) atoms. The molecule has 0 unspecified atom stereocenters. The molecule has 0 amide bonds. The molecule has 0 radical (unpaired) electrons. The zero-order valence-corrected chi connectivity index (χ0v) is 11.6.